The maximum atomic E-state index is 5.46. The lowest BCUT2D eigenvalue weighted by atomic mass is 10.0. The average molecular weight is 270 g/mol. The van der Waals surface area contributed by atoms with Crippen LogP contribution in [0, 0.1) is 0 Å². The van der Waals surface area contributed by atoms with Gasteiger partial charge in [-0.05, 0) is 24.6 Å². The molecule has 2 heterocycles. The first-order valence-corrected chi connectivity index (χ1v) is 7.37. The summed E-state index contributed by atoms with van der Waals surface area (Å²) in [5.74, 6) is 1.08. The molecule has 0 spiro atoms. The molecular formula is C17H22N2O. The summed E-state index contributed by atoms with van der Waals surface area (Å²) in [4.78, 5) is 2.55. The van der Waals surface area contributed by atoms with E-state index in [0.29, 0.717) is 12.1 Å². The van der Waals surface area contributed by atoms with Gasteiger partial charge in [-0.15, -0.1) is 0 Å². The molecule has 106 valence electrons. The minimum atomic E-state index is 0.434. The Balaban J connectivity index is 1.63. The molecule has 2 atom stereocenters. The fourth-order valence-corrected chi connectivity index (χ4v) is 2.93. The van der Waals surface area contributed by atoms with Crippen molar-refractivity contribution in [1.29, 1.82) is 0 Å². The second kappa shape index (κ2) is 6.25. The van der Waals surface area contributed by atoms with E-state index < -0.39 is 0 Å². The fourth-order valence-electron chi connectivity index (χ4n) is 2.93. The third-order valence-corrected chi connectivity index (χ3v) is 4.11. The molecule has 1 saturated heterocycles. The lowest BCUT2D eigenvalue weighted by molar-refractivity contribution is 0.148. The average Bonchev–Trinajstić information content (AvgIpc) is 3.01. The number of nitrogens with zero attached hydrogens (tertiary/aromatic N) is 1. The van der Waals surface area contributed by atoms with Crippen LogP contribution in [-0.2, 0) is 6.42 Å². The van der Waals surface area contributed by atoms with E-state index in [4.69, 9.17) is 4.42 Å². The van der Waals surface area contributed by atoms with Crippen molar-refractivity contribution < 1.29 is 4.42 Å². The van der Waals surface area contributed by atoms with Crippen LogP contribution in [0.3, 0.4) is 0 Å². The zero-order chi connectivity index (χ0) is 13.8. The van der Waals surface area contributed by atoms with Gasteiger partial charge in [0.2, 0.25) is 0 Å². The molecule has 0 amide bonds. The van der Waals surface area contributed by atoms with E-state index in [2.05, 4.69) is 53.5 Å². The predicted molar refractivity (Wildman–Crippen MR) is 80.6 cm³/mol. The first-order chi connectivity index (χ1) is 9.83. The summed E-state index contributed by atoms with van der Waals surface area (Å²) in [6.45, 7) is 5.50. The van der Waals surface area contributed by atoms with Crippen LogP contribution < -0.4 is 5.32 Å². The lowest BCUT2D eigenvalue weighted by Gasteiger charge is -2.37. The van der Waals surface area contributed by atoms with Crippen LogP contribution in [0.15, 0.2) is 53.1 Å². The monoisotopic (exact) mass is 270 g/mol. The molecule has 2 aromatic rings. The van der Waals surface area contributed by atoms with Gasteiger partial charge in [0.05, 0.1) is 6.26 Å². The molecule has 0 bridgehead atoms. The van der Waals surface area contributed by atoms with Crippen molar-refractivity contribution in [3.05, 3.63) is 60.1 Å². The van der Waals surface area contributed by atoms with Gasteiger partial charge < -0.3 is 9.73 Å². The van der Waals surface area contributed by atoms with Gasteiger partial charge >= 0.3 is 0 Å². The van der Waals surface area contributed by atoms with Crippen LogP contribution in [0.4, 0.5) is 0 Å². The quantitative estimate of drug-likeness (QED) is 0.926. The van der Waals surface area contributed by atoms with Crippen LogP contribution in [0.1, 0.15) is 24.3 Å². The topological polar surface area (TPSA) is 28.4 Å². The summed E-state index contributed by atoms with van der Waals surface area (Å²) in [6, 6.07) is 15.7. The summed E-state index contributed by atoms with van der Waals surface area (Å²) >= 11 is 0. The summed E-state index contributed by atoms with van der Waals surface area (Å²) in [5, 5.41) is 3.61. The minimum Gasteiger partial charge on any atom is -0.469 e. The zero-order valence-electron chi connectivity index (χ0n) is 12.0. The van der Waals surface area contributed by atoms with Crippen molar-refractivity contribution in [2.45, 2.75) is 25.4 Å². The molecule has 1 aromatic carbocycles. The third kappa shape index (κ3) is 3.11. The molecule has 0 aliphatic carbocycles. The zero-order valence-corrected chi connectivity index (χ0v) is 12.0. The van der Waals surface area contributed by atoms with Crippen molar-refractivity contribution in [2.24, 2.45) is 0 Å². The van der Waals surface area contributed by atoms with Gasteiger partial charge in [-0.3, -0.25) is 4.90 Å². The van der Waals surface area contributed by atoms with Crippen LogP contribution in [0.25, 0.3) is 0 Å². The fraction of sp³-hybridized carbons (Fsp3) is 0.412. The Bertz CT molecular complexity index is 509. The van der Waals surface area contributed by atoms with Gasteiger partial charge in [-0.2, -0.15) is 0 Å². The summed E-state index contributed by atoms with van der Waals surface area (Å²) < 4.78 is 5.46. The van der Waals surface area contributed by atoms with E-state index in [9.17, 15) is 0 Å². The first kappa shape index (κ1) is 13.4. The second-order valence-corrected chi connectivity index (χ2v) is 5.54. The van der Waals surface area contributed by atoms with Crippen molar-refractivity contribution in [3.8, 4) is 0 Å². The Morgan fingerprint density at radius 1 is 1.25 bits per heavy atom. The Morgan fingerprint density at radius 3 is 2.85 bits per heavy atom. The van der Waals surface area contributed by atoms with Crippen molar-refractivity contribution >= 4 is 0 Å². The van der Waals surface area contributed by atoms with Crippen LogP contribution in [0.2, 0.25) is 0 Å². The number of rotatable bonds is 4. The van der Waals surface area contributed by atoms with E-state index in [1.807, 2.05) is 6.07 Å². The Morgan fingerprint density at radius 2 is 2.10 bits per heavy atom. The summed E-state index contributed by atoms with van der Waals surface area (Å²) in [6.07, 6.45) is 2.74. The van der Waals surface area contributed by atoms with Gasteiger partial charge in [-0.25, -0.2) is 0 Å². The highest BCUT2D eigenvalue weighted by Crippen LogP contribution is 2.19. The SMILES string of the molecule is CC(Cc1ccco1)N1CCNC(c2ccccc2)C1. The Kier molecular flexibility index (Phi) is 4.19. The van der Waals surface area contributed by atoms with E-state index in [1.54, 1.807) is 6.26 Å². The van der Waals surface area contributed by atoms with Gasteiger partial charge in [-0.1, -0.05) is 30.3 Å². The molecule has 1 aliphatic heterocycles. The van der Waals surface area contributed by atoms with Crippen molar-refractivity contribution in [1.82, 2.24) is 10.2 Å². The van der Waals surface area contributed by atoms with Crippen LogP contribution in [0.5, 0.6) is 0 Å². The minimum absolute atomic E-state index is 0.434. The Labute approximate surface area is 120 Å². The highest BCUT2D eigenvalue weighted by Gasteiger charge is 2.24. The van der Waals surface area contributed by atoms with Crippen LogP contribution in [-0.4, -0.2) is 30.6 Å². The number of benzene rings is 1. The summed E-state index contributed by atoms with van der Waals surface area (Å²) in [7, 11) is 0. The number of piperazine rings is 1. The molecule has 20 heavy (non-hydrogen) atoms. The maximum absolute atomic E-state index is 5.46. The molecule has 3 heteroatoms. The molecule has 1 aliphatic rings. The molecule has 0 radical (unpaired) electrons. The highest BCUT2D eigenvalue weighted by molar-refractivity contribution is 5.20. The van der Waals surface area contributed by atoms with Crippen molar-refractivity contribution in [2.75, 3.05) is 19.6 Å². The standard InChI is InChI=1S/C17H22N2O/c1-14(12-16-8-5-11-20-16)19-10-9-18-17(13-19)15-6-3-2-4-7-15/h2-8,11,14,17-18H,9-10,12-13H2,1H3. The maximum Gasteiger partial charge on any atom is 0.105 e. The molecule has 1 aromatic heterocycles. The molecule has 2 unspecified atom stereocenters. The lowest BCUT2D eigenvalue weighted by Crippen LogP contribution is -2.49. The molecule has 0 saturated carbocycles. The van der Waals surface area contributed by atoms with Gasteiger partial charge in [0.25, 0.3) is 0 Å². The van der Waals surface area contributed by atoms with E-state index in [0.717, 1.165) is 31.8 Å². The van der Waals surface area contributed by atoms with Crippen LogP contribution >= 0.6 is 0 Å². The normalized spacial score (nSPS) is 21.8. The number of hydrogen-bond acceptors (Lipinski definition) is 3. The number of nitrogens with one attached hydrogen (secondary N) is 1. The second-order valence-electron chi connectivity index (χ2n) is 5.54. The molecule has 3 nitrogen and oxygen atoms in total. The van der Waals surface area contributed by atoms with Gasteiger partial charge in [0, 0.05) is 38.1 Å². The highest BCUT2D eigenvalue weighted by atomic mass is 16.3. The summed E-state index contributed by atoms with van der Waals surface area (Å²) in [5.41, 5.74) is 1.38. The van der Waals surface area contributed by atoms with E-state index in [-0.39, 0.29) is 0 Å². The number of hydrogen-bond donors (Lipinski definition) is 1. The first-order valence-electron chi connectivity index (χ1n) is 7.37. The molecule has 1 N–H and O–H groups in total. The molecule has 3 rings (SSSR count). The van der Waals surface area contributed by atoms with Gasteiger partial charge in [0.15, 0.2) is 0 Å². The molecule has 1 fully saturated rings. The largest absolute Gasteiger partial charge is 0.469 e. The van der Waals surface area contributed by atoms with E-state index in [1.165, 1.54) is 5.56 Å². The predicted octanol–water partition coefficient (Wildman–Crippen LogP) is 2.86. The smallest absolute Gasteiger partial charge is 0.105 e. The van der Waals surface area contributed by atoms with E-state index >= 15 is 0 Å². The number of furan rings is 1. The third-order valence-electron chi connectivity index (χ3n) is 4.11. The van der Waals surface area contributed by atoms with Crippen molar-refractivity contribution in [3.63, 3.8) is 0 Å². The Hall–Kier alpha value is -1.58. The van der Waals surface area contributed by atoms with Gasteiger partial charge in [0.1, 0.15) is 5.76 Å². The molecular weight excluding hydrogens is 248 g/mol.